The van der Waals surface area contributed by atoms with Crippen LogP contribution in [-0.4, -0.2) is 17.0 Å². The lowest BCUT2D eigenvalue weighted by atomic mass is 9.82. The highest BCUT2D eigenvalue weighted by atomic mass is 79.9. The van der Waals surface area contributed by atoms with Crippen LogP contribution in [-0.2, 0) is 16.1 Å². The highest BCUT2D eigenvalue weighted by Crippen LogP contribution is 2.71. The Labute approximate surface area is 143 Å². The maximum absolute atomic E-state index is 12.7. The van der Waals surface area contributed by atoms with E-state index in [1.807, 2.05) is 30.3 Å². The Balaban J connectivity index is 1.50. The standard InChI is InChI=1S/C18H18BrNO3/c19-11-3-1-10(2-4-11)9-20-16(21)14-12-5-6-13(15(14)17(22)23)18(12)7-8-18/h1-6,12-15H,7-9H2,(H,20,21)(H,22,23)/t12?,13?,14-,15-/m1/s1. The van der Waals surface area contributed by atoms with Crippen molar-refractivity contribution in [3.63, 3.8) is 0 Å². The second-order valence-corrected chi connectivity index (χ2v) is 7.82. The molecule has 23 heavy (non-hydrogen) atoms. The van der Waals surface area contributed by atoms with Crippen molar-refractivity contribution >= 4 is 27.8 Å². The fraction of sp³-hybridized carbons (Fsp3) is 0.444. The van der Waals surface area contributed by atoms with Crippen molar-refractivity contribution in [2.45, 2.75) is 19.4 Å². The predicted molar refractivity (Wildman–Crippen MR) is 88.4 cm³/mol. The molecular formula is C18H18BrNO3. The number of nitrogens with one attached hydrogen (secondary N) is 1. The minimum atomic E-state index is -0.836. The first kappa shape index (κ1) is 14.9. The number of carbonyl (C=O) groups excluding carboxylic acids is 1. The van der Waals surface area contributed by atoms with E-state index in [9.17, 15) is 14.7 Å². The third-order valence-corrected chi connectivity index (χ3v) is 6.34. The summed E-state index contributed by atoms with van der Waals surface area (Å²) in [6.45, 7) is 0.434. The third-order valence-electron chi connectivity index (χ3n) is 5.81. The van der Waals surface area contributed by atoms with Crippen LogP contribution in [0.25, 0.3) is 0 Å². The van der Waals surface area contributed by atoms with Crippen LogP contribution in [0, 0.1) is 29.1 Å². The minimum absolute atomic E-state index is 0.0356. The summed E-state index contributed by atoms with van der Waals surface area (Å²) >= 11 is 3.38. The van der Waals surface area contributed by atoms with E-state index in [4.69, 9.17) is 0 Å². The Morgan fingerprint density at radius 3 is 2.30 bits per heavy atom. The number of hydrogen-bond donors (Lipinski definition) is 2. The fourth-order valence-electron chi connectivity index (χ4n) is 4.60. The summed E-state index contributed by atoms with van der Waals surface area (Å²) in [5.41, 5.74) is 1.08. The van der Waals surface area contributed by atoms with E-state index in [1.165, 1.54) is 0 Å². The minimum Gasteiger partial charge on any atom is -0.481 e. The zero-order valence-electron chi connectivity index (χ0n) is 12.5. The number of carboxylic acids is 1. The average Bonchev–Trinajstić information content (AvgIpc) is 3.20. The van der Waals surface area contributed by atoms with E-state index < -0.39 is 17.8 Å². The molecule has 0 heterocycles. The van der Waals surface area contributed by atoms with E-state index >= 15 is 0 Å². The molecule has 1 amide bonds. The molecule has 1 aromatic rings. The number of hydrogen-bond acceptors (Lipinski definition) is 2. The van der Waals surface area contributed by atoms with E-state index in [1.54, 1.807) is 0 Å². The number of aliphatic carboxylic acids is 1. The van der Waals surface area contributed by atoms with Gasteiger partial charge in [-0.15, -0.1) is 0 Å². The largest absolute Gasteiger partial charge is 0.481 e. The molecule has 2 fully saturated rings. The molecule has 0 radical (unpaired) electrons. The van der Waals surface area contributed by atoms with Crippen molar-refractivity contribution in [3.8, 4) is 0 Å². The molecule has 4 rings (SSSR count). The first-order chi connectivity index (χ1) is 11.0. The molecule has 0 saturated heterocycles. The number of allylic oxidation sites excluding steroid dienone is 2. The smallest absolute Gasteiger partial charge is 0.307 e. The number of halogens is 1. The van der Waals surface area contributed by atoms with Crippen molar-refractivity contribution < 1.29 is 14.7 Å². The molecule has 4 nitrogen and oxygen atoms in total. The summed E-state index contributed by atoms with van der Waals surface area (Å²) in [5.74, 6) is -1.83. The molecular weight excluding hydrogens is 358 g/mol. The number of carbonyl (C=O) groups is 2. The monoisotopic (exact) mass is 375 g/mol. The molecule has 3 aliphatic carbocycles. The van der Waals surface area contributed by atoms with Gasteiger partial charge in [0, 0.05) is 11.0 Å². The maximum atomic E-state index is 12.7. The Kier molecular flexibility index (Phi) is 3.38. The van der Waals surface area contributed by atoms with Gasteiger partial charge in [0.2, 0.25) is 5.91 Å². The predicted octanol–water partition coefficient (Wildman–Crippen LogP) is 2.98. The maximum Gasteiger partial charge on any atom is 0.307 e. The molecule has 0 aromatic heterocycles. The summed E-state index contributed by atoms with van der Waals surface area (Å²) in [6.07, 6.45) is 6.22. The molecule has 5 heteroatoms. The zero-order chi connectivity index (χ0) is 16.2. The van der Waals surface area contributed by atoms with Crippen molar-refractivity contribution in [1.82, 2.24) is 5.32 Å². The van der Waals surface area contributed by atoms with Gasteiger partial charge in [-0.3, -0.25) is 9.59 Å². The SMILES string of the molecule is O=C(O)[C@@H]1C2C=CC([C@H]1C(=O)NCc1ccc(Br)cc1)C21CC1. The van der Waals surface area contributed by atoms with E-state index in [-0.39, 0.29) is 23.2 Å². The molecule has 4 atom stereocenters. The van der Waals surface area contributed by atoms with Crippen LogP contribution < -0.4 is 5.32 Å². The fourth-order valence-corrected chi connectivity index (χ4v) is 4.86. The Morgan fingerprint density at radius 2 is 1.74 bits per heavy atom. The lowest BCUT2D eigenvalue weighted by molar-refractivity contribution is -0.147. The van der Waals surface area contributed by atoms with Gasteiger partial charge in [-0.25, -0.2) is 0 Å². The molecule has 2 bridgehead atoms. The van der Waals surface area contributed by atoms with Crippen LogP contribution in [0.2, 0.25) is 0 Å². The highest BCUT2D eigenvalue weighted by molar-refractivity contribution is 9.10. The zero-order valence-corrected chi connectivity index (χ0v) is 14.1. The second kappa shape index (κ2) is 5.20. The van der Waals surface area contributed by atoms with Crippen molar-refractivity contribution in [1.29, 1.82) is 0 Å². The number of rotatable bonds is 4. The average molecular weight is 376 g/mol. The Bertz CT molecular complexity index is 693. The normalized spacial score (nSPS) is 32.2. The quantitative estimate of drug-likeness (QED) is 0.794. The van der Waals surface area contributed by atoms with Crippen LogP contribution in [0.1, 0.15) is 18.4 Å². The van der Waals surface area contributed by atoms with Gasteiger partial charge in [0.05, 0.1) is 11.8 Å². The van der Waals surface area contributed by atoms with E-state index in [2.05, 4.69) is 27.3 Å². The van der Waals surface area contributed by atoms with Crippen molar-refractivity contribution in [2.75, 3.05) is 0 Å². The molecule has 3 aliphatic rings. The van der Waals surface area contributed by atoms with Crippen LogP contribution in [0.5, 0.6) is 0 Å². The van der Waals surface area contributed by atoms with Crippen LogP contribution in [0.3, 0.4) is 0 Å². The molecule has 1 spiro atoms. The van der Waals surface area contributed by atoms with Gasteiger partial charge in [0.15, 0.2) is 0 Å². The van der Waals surface area contributed by atoms with Crippen LogP contribution >= 0.6 is 15.9 Å². The Hall–Kier alpha value is -1.62. The van der Waals surface area contributed by atoms with Crippen LogP contribution in [0.15, 0.2) is 40.9 Å². The van der Waals surface area contributed by atoms with Gasteiger partial charge in [0.25, 0.3) is 0 Å². The summed E-state index contributed by atoms with van der Waals surface area (Å²) in [7, 11) is 0. The molecule has 2 N–H and O–H groups in total. The number of benzene rings is 1. The van der Waals surface area contributed by atoms with Gasteiger partial charge in [-0.2, -0.15) is 0 Å². The van der Waals surface area contributed by atoms with Gasteiger partial charge in [0.1, 0.15) is 0 Å². The van der Waals surface area contributed by atoms with E-state index in [0.29, 0.717) is 6.54 Å². The second-order valence-electron chi connectivity index (χ2n) is 6.90. The molecule has 2 unspecified atom stereocenters. The molecule has 0 aliphatic heterocycles. The third kappa shape index (κ3) is 2.24. The number of amides is 1. The van der Waals surface area contributed by atoms with Gasteiger partial charge >= 0.3 is 5.97 Å². The lowest BCUT2D eigenvalue weighted by Crippen LogP contribution is -2.39. The van der Waals surface area contributed by atoms with Gasteiger partial charge in [-0.1, -0.05) is 40.2 Å². The molecule has 2 saturated carbocycles. The summed E-state index contributed by atoms with van der Waals surface area (Å²) in [4.78, 5) is 24.4. The van der Waals surface area contributed by atoms with E-state index in [0.717, 1.165) is 22.9 Å². The van der Waals surface area contributed by atoms with Crippen LogP contribution in [0.4, 0.5) is 0 Å². The summed E-state index contributed by atoms with van der Waals surface area (Å²) in [5, 5.41) is 12.6. The van der Waals surface area contributed by atoms with Crippen molar-refractivity contribution in [3.05, 3.63) is 46.5 Å². The van der Waals surface area contributed by atoms with Gasteiger partial charge in [-0.05, 0) is 47.8 Å². The number of carboxylic acid groups (broad SMARTS) is 1. The topological polar surface area (TPSA) is 66.4 Å². The first-order valence-corrected chi connectivity index (χ1v) is 8.75. The highest BCUT2D eigenvalue weighted by Gasteiger charge is 2.69. The lowest BCUT2D eigenvalue weighted by Gasteiger charge is -2.23. The molecule has 120 valence electrons. The van der Waals surface area contributed by atoms with Gasteiger partial charge < -0.3 is 10.4 Å². The summed E-state index contributed by atoms with van der Waals surface area (Å²) in [6, 6.07) is 7.76. The Morgan fingerprint density at radius 1 is 1.13 bits per heavy atom. The molecule has 1 aromatic carbocycles. The first-order valence-electron chi connectivity index (χ1n) is 7.96. The van der Waals surface area contributed by atoms with Crippen molar-refractivity contribution in [2.24, 2.45) is 29.1 Å². The summed E-state index contributed by atoms with van der Waals surface area (Å²) < 4.78 is 0.993.